The molecule has 22 heteroatoms. The molecule has 0 aromatic carbocycles. The number of hydrogen-bond acceptors (Lipinski definition) is 21. The predicted molar refractivity (Wildman–Crippen MR) is 145 cm³/mol. The number of carbonyl (C=O) groups excluding carboxylic acids is 1. The van der Waals surface area contributed by atoms with Crippen molar-refractivity contribution in [3.8, 4) is 0 Å². The van der Waals surface area contributed by atoms with Crippen LogP contribution in [0.2, 0.25) is 0 Å². The number of aliphatic hydroxyl groups is 13. The van der Waals surface area contributed by atoms with Gasteiger partial charge in [0.2, 0.25) is 5.91 Å². The highest BCUT2D eigenvalue weighted by molar-refractivity contribution is 5.73. The second-order valence-electron chi connectivity index (χ2n) is 11.9. The Hall–Kier alpha value is -1.33. The standard InChI is InChI=1S/C26H45NO21/c1-6(31)27-11-15(35)13(33)10(5-42-25-19(39)16(36)12(32)7(2-28)44-25)46-24(11)48-22-14(34)8(3-29)45-26(20(22)40)47-21-9(4-30)43-23(41)18(38)17(21)37/h7-26,28-30,32-41H,2-5H2,1H3,(H,27,31)/t7-,8-,9-,10-,11-,12+,13-,14+,15-,16+,17-,18-,19-,20-,21-,22+,23?,24+,25-,26+/m1/s1. The first-order valence-electron chi connectivity index (χ1n) is 15.1. The van der Waals surface area contributed by atoms with Crippen molar-refractivity contribution < 1.29 is 104 Å². The second-order valence-corrected chi connectivity index (χ2v) is 11.9. The highest BCUT2D eigenvalue weighted by Crippen LogP contribution is 2.33. The normalized spacial score (nSPS) is 50.2. The molecule has 20 atom stereocenters. The van der Waals surface area contributed by atoms with Gasteiger partial charge >= 0.3 is 0 Å². The number of carbonyl (C=O) groups is 1. The van der Waals surface area contributed by atoms with Crippen LogP contribution in [0.5, 0.6) is 0 Å². The summed E-state index contributed by atoms with van der Waals surface area (Å²) in [6, 6.07) is -1.57. The lowest BCUT2D eigenvalue weighted by Crippen LogP contribution is -2.68. The van der Waals surface area contributed by atoms with Gasteiger partial charge in [-0.05, 0) is 0 Å². The van der Waals surface area contributed by atoms with Crippen molar-refractivity contribution in [2.45, 2.75) is 130 Å². The quantitative estimate of drug-likeness (QED) is 0.0947. The van der Waals surface area contributed by atoms with E-state index in [1.807, 2.05) is 0 Å². The molecule has 1 amide bonds. The summed E-state index contributed by atoms with van der Waals surface area (Å²) in [5, 5.41) is 136. The third kappa shape index (κ3) is 8.24. The minimum Gasteiger partial charge on any atom is -0.394 e. The zero-order chi connectivity index (χ0) is 35.6. The number of nitrogens with one attached hydrogen (secondary N) is 1. The van der Waals surface area contributed by atoms with Crippen molar-refractivity contribution in [3.63, 3.8) is 0 Å². The molecular formula is C26H45NO21. The van der Waals surface area contributed by atoms with Crippen LogP contribution in [0.25, 0.3) is 0 Å². The van der Waals surface area contributed by atoms with Gasteiger partial charge in [-0.15, -0.1) is 0 Å². The molecule has 4 rings (SSSR count). The van der Waals surface area contributed by atoms with Gasteiger partial charge in [0.05, 0.1) is 26.4 Å². The minimum absolute atomic E-state index is 0.701. The van der Waals surface area contributed by atoms with Gasteiger partial charge < -0.3 is 105 Å². The summed E-state index contributed by atoms with van der Waals surface area (Å²) < 4.78 is 38.3. The van der Waals surface area contributed by atoms with E-state index in [1.54, 1.807) is 0 Å². The van der Waals surface area contributed by atoms with Crippen LogP contribution in [-0.4, -0.2) is 221 Å². The van der Waals surface area contributed by atoms with Crippen LogP contribution in [0.15, 0.2) is 0 Å². The summed E-state index contributed by atoms with van der Waals surface area (Å²) in [4.78, 5) is 12.0. The predicted octanol–water partition coefficient (Wildman–Crippen LogP) is -9.61. The number of hydrogen-bond donors (Lipinski definition) is 14. The van der Waals surface area contributed by atoms with Gasteiger partial charge in [-0.1, -0.05) is 0 Å². The third-order valence-corrected chi connectivity index (χ3v) is 8.59. The largest absolute Gasteiger partial charge is 0.394 e. The smallest absolute Gasteiger partial charge is 0.217 e. The maximum atomic E-state index is 12.0. The van der Waals surface area contributed by atoms with Gasteiger partial charge in [0.25, 0.3) is 0 Å². The Bertz CT molecular complexity index is 1030. The third-order valence-electron chi connectivity index (χ3n) is 8.59. The summed E-state index contributed by atoms with van der Waals surface area (Å²) in [7, 11) is 0. The molecule has 0 aromatic heterocycles. The molecule has 4 heterocycles. The minimum atomic E-state index is -2.02. The van der Waals surface area contributed by atoms with E-state index < -0.39 is 155 Å². The summed E-state index contributed by atoms with van der Waals surface area (Å²) in [6.07, 6.45) is -33.2. The first-order valence-corrected chi connectivity index (χ1v) is 15.1. The van der Waals surface area contributed by atoms with Crippen molar-refractivity contribution in [2.75, 3.05) is 26.4 Å². The van der Waals surface area contributed by atoms with Crippen LogP contribution in [0.1, 0.15) is 6.92 Å². The van der Waals surface area contributed by atoms with Crippen LogP contribution in [0, 0.1) is 0 Å². The van der Waals surface area contributed by atoms with Gasteiger partial charge in [0, 0.05) is 6.92 Å². The lowest BCUT2D eigenvalue weighted by Gasteiger charge is -2.48. The number of aliphatic hydroxyl groups excluding tert-OH is 13. The molecule has 280 valence electrons. The van der Waals surface area contributed by atoms with Gasteiger partial charge in [-0.3, -0.25) is 4.79 Å². The average molecular weight is 708 g/mol. The molecule has 0 radical (unpaired) electrons. The molecule has 0 aliphatic carbocycles. The van der Waals surface area contributed by atoms with Crippen LogP contribution in [0.3, 0.4) is 0 Å². The van der Waals surface area contributed by atoms with Crippen molar-refractivity contribution in [3.05, 3.63) is 0 Å². The van der Waals surface area contributed by atoms with Crippen molar-refractivity contribution in [1.29, 1.82) is 0 Å². The molecule has 48 heavy (non-hydrogen) atoms. The SMILES string of the molecule is CC(=O)N[C@H]1[C@H](O[C@H]2[C@@H](O)[C@@H](CO)O[C@@H](O[C@H]3[C@H](O)[C@@H](O)C(O)O[C@@H]3CO)[C@@H]2O)O[C@H](CO[C@@H]2O[C@H](CO)[C@H](O)[C@H](O)[C@H]2O)[C@@H](O)[C@@H]1O. The molecule has 4 saturated heterocycles. The first-order chi connectivity index (χ1) is 22.6. The molecule has 0 aromatic rings. The molecule has 0 spiro atoms. The zero-order valence-corrected chi connectivity index (χ0v) is 25.5. The maximum absolute atomic E-state index is 12.0. The summed E-state index contributed by atoms with van der Waals surface area (Å²) >= 11 is 0. The Balaban J connectivity index is 1.53. The summed E-state index contributed by atoms with van der Waals surface area (Å²) in [6.45, 7) is -2.12. The molecule has 22 nitrogen and oxygen atoms in total. The molecule has 4 aliphatic heterocycles. The Morgan fingerprint density at radius 2 is 1.08 bits per heavy atom. The Labute approximate surface area is 272 Å². The monoisotopic (exact) mass is 707 g/mol. The lowest BCUT2D eigenvalue weighted by molar-refractivity contribution is -0.374. The van der Waals surface area contributed by atoms with E-state index in [0.717, 1.165) is 6.92 Å². The van der Waals surface area contributed by atoms with E-state index in [0.29, 0.717) is 0 Å². The van der Waals surface area contributed by atoms with E-state index in [1.165, 1.54) is 0 Å². The van der Waals surface area contributed by atoms with E-state index in [9.17, 15) is 71.2 Å². The van der Waals surface area contributed by atoms with E-state index in [-0.39, 0.29) is 0 Å². The fourth-order valence-corrected chi connectivity index (χ4v) is 5.84. The van der Waals surface area contributed by atoms with Gasteiger partial charge in [0.1, 0.15) is 97.6 Å². The molecule has 0 saturated carbocycles. The molecule has 14 N–H and O–H groups in total. The van der Waals surface area contributed by atoms with Crippen molar-refractivity contribution >= 4 is 5.91 Å². The lowest BCUT2D eigenvalue weighted by atomic mass is 9.95. The Kier molecular flexibility index (Phi) is 13.8. The van der Waals surface area contributed by atoms with Crippen LogP contribution in [-0.2, 0) is 38.0 Å². The van der Waals surface area contributed by atoms with E-state index in [2.05, 4.69) is 5.32 Å². The zero-order valence-electron chi connectivity index (χ0n) is 25.5. The maximum Gasteiger partial charge on any atom is 0.217 e. The molecule has 4 fully saturated rings. The van der Waals surface area contributed by atoms with Gasteiger partial charge in [0.15, 0.2) is 25.2 Å². The molecule has 1 unspecified atom stereocenters. The van der Waals surface area contributed by atoms with Gasteiger partial charge in [-0.2, -0.15) is 0 Å². The Morgan fingerprint density at radius 3 is 1.69 bits per heavy atom. The fraction of sp³-hybridized carbons (Fsp3) is 0.962. The highest BCUT2D eigenvalue weighted by Gasteiger charge is 2.54. The topological polar surface area (TPSA) is 357 Å². The van der Waals surface area contributed by atoms with Crippen LogP contribution >= 0.6 is 0 Å². The highest BCUT2D eigenvalue weighted by atomic mass is 16.8. The first kappa shape index (κ1) is 39.5. The molecular weight excluding hydrogens is 662 g/mol. The van der Waals surface area contributed by atoms with Crippen molar-refractivity contribution in [1.82, 2.24) is 5.32 Å². The van der Waals surface area contributed by atoms with E-state index >= 15 is 0 Å². The Morgan fingerprint density at radius 1 is 0.542 bits per heavy atom. The number of rotatable bonds is 11. The summed E-state index contributed by atoms with van der Waals surface area (Å²) in [5.74, 6) is -0.732. The van der Waals surface area contributed by atoms with E-state index in [4.69, 9.17) is 33.2 Å². The van der Waals surface area contributed by atoms with Gasteiger partial charge in [-0.25, -0.2) is 0 Å². The molecule has 0 bridgehead atoms. The number of ether oxygens (including phenoxy) is 7. The molecule has 4 aliphatic rings. The van der Waals surface area contributed by atoms with Crippen LogP contribution in [0.4, 0.5) is 0 Å². The second kappa shape index (κ2) is 16.8. The fourth-order valence-electron chi connectivity index (χ4n) is 5.84. The summed E-state index contributed by atoms with van der Waals surface area (Å²) in [5.41, 5.74) is 0. The average Bonchev–Trinajstić information content (AvgIpc) is 3.06. The van der Waals surface area contributed by atoms with Crippen molar-refractivity contribution in [2.24, 2.45) is 0 Å². The van der Waals surface area contributed by atoms with Crippen LogP contribution < -0.4 is 5.32 Å². The number of amides is 1.